The molecule has 0 fully saturated rings. The van der Waals surface area contributed by atoms with Gasteiger partial charge in [-0.25, -0.2) is 4.98 Å². The van der Waals surface area contributed by atoms with Crippen LogP contribution in [0, 0.1) is 12.3 Å². The highest BCUT2D eigenvalue weighted by Gasteiger charge is 2.14. The third kappa shape index (κ3) is 4.68. The van der Waals surface area contributed by atoms with E-state index in [9.17, 15) is 0 Å². The molecule has 0 aliphatic carbocycles. The highest BCUT2D eigenvalue weighted by Crippen LogP contribution is 2.18. The molecular weight excluding hydrogens is 248 g/mol. The first kappa shape index (κ1) is 14.6. The van der Waals surface area contributed by atoms with E-state index in [-0.39, 0.29) is 5.41 Å². The van der Waals surface area contributed by atoms with Crippen molar-refractivity contribution in [2.24, 2.45) is 5.41 Å². The van der Waals surface area contributed by atoms with Crippen molar-refractivity contribution in [1.82, 2.24) is 15.2 Å². The molecule has 2 aromatic rings. The maximum atomic E-state index is 4.54. The fourth-order valence-electron chi connectivity index (χ4n) is 2.10. The largest absolute Gasteiger partial charge is 0.385 e. The van der Waals surface area contributed by atoms with E-state index in [1.54, 1.807) is 0 Å². The van der Waals surface area contributed by atoms with Gasteiger partial charge >= 0.3 is 0 Å². The molecule has 0 radical (unpaired) electrons. The van der Waals surface area contributed by atoms with E-state index in [0.29, 0.717) is 0 Å². The third-order valence-electron chi connectivity index (χ3n) is 2.97. The number of H-pyrrole nitrogens is 1. The Morgan fingerprint density at radius 3 is 2.75 bits per heavy atom. The number of nitrogens with one attached hydrogen (secondary N) is 2. The Bertz CT molecular complexity index is 552. The van der Waals surface area contributed by atoms with Crippen LogP contribution >= 0.6 is 0 Å². The number of hydrogen-bond acceptors (Lipinski definition) is 3. The standard InChI is InChI=1S/C16H24N4/c1-12-6-5-7-13(10-12)17-9-8-14-18-15(20-19-14)11-16(2,3)4/h5-7,10,17H,8-9,11H2,1-4H3,(H,18,19,20). The average molecular weight is 272 g/mol. The summed E-state index contributed by atoms with van der Waals surface area (Å²) in [6.45, 7) is 9.55. The van der Waals surface area contributed by atoms with E-state index in [0.717, 1.165) is 36.7 Å². The molecule has 0 aliphatic heterocycles. The van der Waals surface area contributed by atoms with Gasteiger partial charge in [-0.3, -0.25) is 5.10 Å². The zero-order valence-corrected chi connectivity index (χ0v) is 12.8. The van der Waals surface area contributed by atoms with Crippen molar-refractivity contribution in [2.45, 2.75) is 40.5 Å². The molecule has 0 atom stereocenters. The van der Waals surface area contributed by atoms with Crippen molar-refractivity contribution in [3.63, 3.8) is 0 Å². The monoisotopic (exact) mass is 272 g/mol. The fraction of sp³-hybridized carbons (Fsp3) is 0.500. The lowest BCUT2D eigenvalue weighted by atomic mass is 9.92. The SMILES string of the molecule is Cc1cccc(NCCc2n[nH]c(CC(C)(C)C)n2)c1. The Hall–Kier alpha value is -1.84. The van der Waals surface area contributed by atoms with Gasteiger partial charge in [0.15, 0.2) is 5.82 Å². The molecule has 0 bridgehead atoms. The summed E-state index contributed by atoms with van der Waals surface area (Å²) in [4.78, 5) is 4.54. The van der Waals surface area contributed by atoms with Gasteiger partial charge in [0, 0.05) is 25.1 Å². The van der Waals surface area contributed by atoms with Crippen LogP contribution in [0.3, 0.4) is 0 Å². The molecule has 20 heavy (non-hydrogen) atoms. The van der Waals surface area contributed by atoms with E-state index < -0.39 is 0 Å². The predicted molar refractivity (Wildman–Crippen MR) is 82.9 cm³/mol. The summed E-state index contributed by atoms with van der Waals surface area (Å²) in [5.74, 6) is 1.85. The van der Waals surface area contributed by atoms with Crippen LogP contribution in [0.5, 0.6) is 0 Å². The van der Waals surface area contributed by atoms with Crippen LogP contribution in [0.25, 0.3) is 0 Å². The van der Waals surface area contributed by atoms with Crippen molar-refractivity contribution in [3.8, 4) is 0 Å². The molecule has 0 saturated heterocycles. The van der Waals surface area contributed by atoms with Crippen LogP contribution in [0.1, 0.15) is 38.0 Å². The lowest BCUT2D eigenvalue weighted by molar-refractivity contribution is 0.401. The Morgan fingerprint density at radius 1 is 1.25 bits per heavy atom. The minimum Gasteiger partial charge on any atom is -0.385 e. The molecule has 2 rings (SSSR count). The van der Waals surface area contributed by atoms with E-state index in [4.69, 9.17) is 0 Å². The number of nitrogens with zero attached hydrogens (tertiary/aromatic N) is 2. The van der Waals surface area contributed by atoms with E-state index >= 15 is 0 Å². The quantitative estimate of drug-likeness (QED) is 0.877. The summed E-state index contributed by atoms with van der Waals surface area (Å²) in [6.07, 6.45) is 1.75. The third-order valence-corrected chi connectivity index (χ3v) is 2.97. The first-order chi connectivity index (χ1) is 9.42. The Morgan fingerprint density at radius 2 is 2.05 bits per heavy atom. The number of aromatic nitrogens is 3. The molecule has 1 aromatic heterocycles. The zero-order valence-electron chi connectivity index (χ0n) is 12.8. The van der Waals surface area contributed by atoms with Gasteiger partial charge in [0.2, 0.25) is 0 Å². The second-order valence-electron chi connectivity index (χ2n) is 6.48. The van der Waals surface area contributed by atoms with Gasteiger partial charge in [-0.05, 0) is 30.0 Å². The van der Waals surface area contributed by atoms with Gasteiger partial charge in [0.05, 0.1) is 0 Å². The van der Waals surface area contributed by atoms with E-state index in [1.165, 1.54) is 5.56 Å². The van der Waals surface area contributed by atoms with Crippen LogP contribution in [0.2, 0.25) is 0 Å². The molecule has 108 valence electrons. The number of hydrogen-bond donors (Lipinski definition) is 2. The van der Waals surface area contributed by atoms with Gasteiger partial charge in [-0.15, -0.1) is 0 Å². The molecule has 0 aliphatic rings. The second kappa shape index (κ2) is 6.07. The van der Waals surface area contributed by atoms with Crippen molar-refractivity contribution >= 4 is 5.69 Å². The van der Waals surface area contributed by atoms with Gasteiger partial charge in [0.1, 0.15) is 5.82 Å². The van der Waals surface area contributed by atoms with Crippen LogP contribution in [-0.4, -0.2) is 21.7 Å². The molecular formula is C16H24N4. The van der Waals surface area contributed by atoms with Crippen LogP contribution < -0.4 is 5.32 Å². The number of benzene rings is 1. The molecule has 0 spiro atoms. The first-order valence-electron chi connectivity index (χ1n) is 7.13. The molecule has 0 unspecified atom stereocenters. The maximum absolute atomic E-state index is 4.54. The van der Waals surface area contributed by atoms with E-state index in [1.807, 2.05) is 0 Å². The zero-order chi connectivity index (χ0) is 14.6. The summed E-state index contributed by atoms with van der Waals surface area (Å²) in [6, 6.07) is 8.38. The van der Waals surface area contributed by atoms with Gasteiger partial charge in [-0.2, -0.15) is 5.10 Å². The highest BCUT2D eigenvalue weighted by atomic mass is 15.2. The lowest BCUT2D eigenvalue weighted by Crippen LogP contribution is -2.10. The fourth-order valence-corrected chi connectivity index (χ4v) is 2.10. The molecule has 4 nitrogen and oxygen atoms in total. The highest BCUT2D eigenvalue weighted by molar-refractivity contribution is 5.45. The predicted octanol–water partition coefficient (Wildman–Crippen LogP) is 3.36. The van der Waals surface area contributed by atoms with Crippen molar-refractivity contribution in [3.05, 3.63) is 41.5 Å². The molecule has 2 N–H and O–H groups in total. The summed E-state index contributed by atoms with van der Waals surface area (Å²) in [7, 11) is 0. The normalized spacial score (nSPS) is 11.6. The van der Waals surface area contributed by atoms with Gasteiger partial charge in [-0.1, -0.05) is 32.9 Å². The second-order valence-corrected chi connectivity index (χ2v) is 6.48. The van der Waals surface area contributed by atoms with Crippen molar-refractivity contribution in [1.29, 1.82) is 0 Å². The van der Waals surface area contributed by atoms with Crippen LogP contribution in [-0.2, 0) is 12.8 Å². The van der Waals surface area contributed by atoms with E-state index in [2.05, 4.69) is 72.5 Å². The Balaban J connectivity index is 1.83. The minimum atomic E-state index is 0.233. The number of aromatic amines is 1. The summed E-state index contributed by atoms with van der Waals surface area (Å²) < 4.78 is 0. The van der Waals surface area contributed by atoms with Crippen molar-refractivity contribution in [2.75, 3.05) is 11.9 Å². The molecule has 0 saturated carbocycles. The minimum absolute atomic E-state index is 0.233. The Labute approximate surface area is 121 Å². The van der Waals surface area contributed by atoms with Crippen LogP contribution in [0.4, 0.5) is 5.69 Å². The van der Waals surface area contributed by atoms with Gasteiger partial charge < -0.3 is 5.32 Å². The van der Waals surface area contributed by atoms with Crippen molar-refractivity contribution < 1.29 is 0 Å². The topological polar surface area (TPSA) is 53.6 Å². The Kier molecular flexibility index (Phi) is 4.42. The lowest BCUT2D eigenvalue weighted by Gasteiger charge is -2.15. The molecule has 0 amide bonds. The summed E-state index contributed by atoms with van der Waals surface area (Å²) in [5, 5.41) is 10.7. The van der Waals surface area contributed by atoms with Gasteiger partial charge in [0.25, 0.3) is 0 Å². The average Bonchev–Trinajstić information content (AvgIpc) is 2.74. The first-order valence-corrected chi connectivity index (χ1v) is 7.13. The number of aryl methyl sites for hydroxylation is 1. The summed E-state index contributed by atoms with van der Waals surface area (Å²) >= 11 is 0. The number of rotatable bonds is 5. The smallest absolute Gasteiger partial charge is 0.152 e. The molecule has 1 aromatic carbocycles. The van der Waals surface area contributed by atoms with Crippen LogP contribution in [0.15, 0.2) is 24.3 Å². The molecule has 1 heterocycles. The maximum Gasteiger partial charge on any atom is 0.152 e. The molecule has 4 heteroatoms. The number of anilines is 1. The summed E-state index contributed by atoms with van der Waals surface area (Å²) in [5.41, 5.74) is 2.65.